The van der Waals surface area contributed by atoms with Gasteiger partial charge in [0.05, 0.1) is 6.54 Å². The highest BCUT2D eigenvalue weighted by Gasteiger charge is 2.46. The van der Waals surface area contributed by atoms with E-state index in [-0.39, 0.29) is 41.5 Å². The Morgan fingerprint density at radius 2 is 1.88 bits per heavy atom. The SMILES string of the molecule is CN1C(=O)c2cc(C(=O)Nc3cccc(F)c3)nn2C[C@@]1(C)C(=O)NC1CCCCCC1. The van der Waals surface area contributed by atoms with E-state index in [1.165, 1.54) is 46.7 Å². The van der Waals surface area contributed by atoms with E-state index in [1.54, 1.807) is 20.0 Å². The van der Waals surface area contributed by atoms with Crippen molar-refractivity contribution in [3.63, 3.8) is 0 Å². The van der Waals surface area contributed by atoms with E-state index in [0.29, 0.717) is 0 Å². The van der Waals surface area contributed by atoms with E-state index in [9.17, 15) is 18.8 Å². The molecule has 3 amide bonds. The molecule has 2 N–H and O–H groups in total. The second kappa shape index (κ2) is 8.72. The fourth-order valence-corrected chi connectivity index (χ4v) is 4.36. The first-order chi connectivity index (χ1) is 15.3. The van der Waals surface area contributed by atoms with E-state index >= 15 is 0 Å². The molecule has 1 saturated carbocycles. The summed E-state index contributed by atoms with van der Waals surface area (Å²) in [6.07, 6.45) is 6.42. The van der Waals surface area contributed by atoms with Crippen molar-refractivity contribution < 1.29 is 18.8 Å². The Morgan fingerprint density at radius 3 is 2.56 bits per heavy atom. The minimum absolute atomic E-state index is 0.0273. The largest absolute Gasteiger partial charge is 0.351 e. The number of nitrogens with one attached hydrogen (secondary N) is 2. The molecule has 1 aliphatic carbocycles. The molecule has 0 bridgehead atoms. The Balaban J connectivity index is 1.52. The van der Waals surface area contributed by atoms with Crippen LogP contribution in [-0.4, -0.2) is 51.0 Å². The quantitative estimate of drug-likeness (QED) is 0.713. The molecule has 32 heavy (non-hydrogen) atoms. The summed E-state index contributed by atoms with van der Waals surface area (Å²) in [6, 6.07) is 7.03. The summed E-state index contributed by atoms with van der Waals surface area (Å²) in [5, 5.41) is 9.99. The maximum Gasteiger partial charge on any atom is 0.276 e. The lowest BCUT2D eigenvalue weighted by Gasteiger charge is -2.41. The van der Waals surface area contributed by atoms with Gasteiger partial charge in [-0.1, -0.05) is 31.7 Å². The van der Waals surface area contributed by atoms with Gasteiger partial charge in [0.1, 0.15) is 17.1 Å². The molecule has 2 aliphatic rings. The van der Waals surface area contributed by atoms with Gasteiger partial charge in [-0.2, -0.15) is 5.10 Å². The summed E-state index contributed by atoms with van der Waals surface area (Å²) in [5.74, 6) is -1.63. The predicted molar refractivity (Wildman–Crippen MR) is 117 cm³/mol. The molecule has 2 heterocycles. The van der Waals surface area contributed by atoms with Gasteiger partial charge in [0, 0.05) is 24.8 Å². The lowest BCUT2D eigenvalue weighted by molar-refractivity contribution is -0.133. The highest BCUT2D eigenvalue weighted by Crippen LogP contribution is 2.27. The third-order valence-corrected chi connectivity index (χ3v) is 6.50. The molecule has 4 rings (SSSR count). The molecular weight excluding hydrogens is 413 g/mol. The number of carbonyl (C=O) groups excluding carboxylic acids is 3. The van der Waals surface area contributed by atoms with Crippen molar-refractivity contribution in [2.45, 2.75) is 63.6 Å². The third-order valence-electron chi connectivity index (χ3n) is 6.50. The number of rotatable bonds is 4. The van der Waals surface area contributed by atoms with Crippen LogP contribution in [0.25, 0.3) is 0 Å². The molecule has 1 fully saturated rings. The number of halogens is 1. The Morgan fingerprint density at radius 1 is 1.16 bits per heavy atom. The fourth-order valence-electron chi connectivity index (χ4n) is 4.36. The number of hydrogen-bond acceptors (Lipinski definition) is 4. The standard InChI is InChI=1S/C23H28FN5O3/c1-23(22(32)26-16-9-5-3-4-6-10-16)14-29-19(21(31)28(23)2)13-18(27-29)20(30)25-17-11-7-8-15(24)12-17/h7-8,11-13,16H,3-6,9-10,14H2,1-2H3,(H,25,30)(H,26,32)/t23-/m0/s1. The normalized spacial score (nSPS) is 21.6. The van der Waals surface area contributed by atoms with Crippen LogP contribution in [0.1, 0.15) is 66.4 Å². The monoisotopic (exact) mass is 441 g/mol. The van der Waals surface area contributed by atoms with Crippen molar-refractivity contribution >= 4 is 23.4 Å². The van der Waals surface area contributed by atoms with Crippen LogP contribution in [-0.2, 0) is 11.3 Å². The zero-order valence-corrected chi connectivity index (χ0v) is 18.4. The molecule has 1 aromatic carbocycles. The maximum atomic E-state index is 13.4. The summed E-state index contributed by atoms with van der Waals surface area (Å²) in [4.78, 5) is 40.3. The van der Waals surface area contributed by atoms with Crippen LogP contribution in [0.4, 0.5) is 10.1 Å². The minimum Gasteiger partial charge on any atom is -0.351 e. The average Bonchev–Trinajstić information content (AvgIpc) is 3.01. The molecular formula is C23H28FN5O3. The Hall–Kier alpha value is -3.23. The molecule has 2 aromatic rings. The van der Waals surface area contributed by atoms with E-state index in [2.05, 4.69) is 15.7 Å². The number of aromatic nitrogens is 2. The maximum absolute atomic E-state index is 13.4. The van der Waals surface area contributed by atoms with Crippen molar-refractivity contribution in [1.29, 1.82) is 0 Å². The molecule has 0 unspecified atom stereocenters. The second-order valence-corrected chi connectivity index (χ2v) is 8.84. The summed E-state index contributed by atoms with van der Waals surface area (Å²) < 4.78 is 14.8. The number of hydrogen-bond donors (Lipinski definition) is 2. The molecule has 0 radical (unpaired) electrons. The highest BCUT2D eigenvalue weighted by atomic mass is 19.1. The van der Waals surface area contributed by atoms with Gasteiger partial charge >= 0.3 is 0 Å². The topological polar surface area (TPSA) is 96.3 Å². The molecule has 170 valence electrons. The van der Waals surface area contributed by atoms with Gasteiger partial charge in [-0.15, -0.1) is 0 Å². The summed E-state index contributed by atoms with van der Waals surface area (Å²) in [6.45, 7) is 1.85. The molecule has 8 nitrogen and oxygen atoms in total. The predicted octanol–water partition coefficient (Wildman–Crippen LogP) is 2.96. The smallest absolute Gasteiger partial charge is 0.276 e. The van der Waals surface area contributed by atoms with Crippen LogP contribution in [0.3, 0.4) is 0 Å². The van der Waals surface area contributed by atoms with Gasteiger partial charge < -0.3 is 15.5 Å². The minimum atomic E-state index is -1.13. The molecule has 1 aliphatic heterocycles. The zero-order valence-electron chi connectivity index (χ0n) is 18.4. The van der Waals surface area contributed by atoms with Gasteiger partial charge in [-0.05, 0) is 38.0 Å². The number of likely N-dealkylation sites (N-methyl/N-ethyl adjacent to an activating group) is 1. The van der Waals surface area contributed by atoms with Crippen LogP contribution in [0.2, 0.25) is 0 Å². The van der Waals surface area contributed by atoms with Crippen molar-refractivity contribution in [2.75, 3.05) is 12.4 Å². The Bertz CT molecular complexity index is 1040. The average molecular weight is 442 g/mol. The van der Waals surface area contributed by atoms with Gasteiger partial charge in [0.15, 0.2) is 5.69 Å². The molecule has 1 aromatic heterocycles. The van der Waals surface area contributed by atoms with Crippen molar-refractivity contribution in [3.05, 3.63) is 47.5 Å². The van der Waals surface area contributed by atoms with E-state index in [4.69, 9.17) is 0 Å². The number of amides is 3. The summed E-state index contributed by atoms with van der Waals surface area (Å²) in [7, 11) is 1.60. The highest BCUT2D eigenvalue weighted by molar-refractivity contribution is 6.05. The van der Waals surface area contributed by atoms with Crippen LogP contribution in [0.5, 0.6) is 0 Å². The molecule has 1 atom stereocenters. The van der Waals surface area contributed by atoms with Gasteiger partial charge in [0.25, 0.3) is 11.8 Å². The van der Waals surface area contributed by atoms with Gasteiger partial charge in [0.2, 0.25) is 5.91 Å². The molecule has 0 saturated heterocycles. The number of benzene rings is 1. The molecule has 9 heteroatoms. The number of anilines is 1. The van der Waals surface area contributed by atoms with Crippen LogP contribution in [0, 0.1) is 5.82 Å². The lowest BCUT2D eigenvalue weighted by atomic mass is 9.95. The van der Waals surface area contributed by atoms with E-state index < -0.39 is 17.3 Å². The second-order valence-electron chi connectivity index (χ2n) is 8.84. The van der Waals surface area contributed by atoms with Crippen molar-refractivity contribution in [2.24, 2.45) is 0 Å². The lowest BCUT2D eigenvalue weighted by Crippen LogP contribution is -2.63. The summed E-state index contributed by atoms with van der Waals surface area (Å²) in [5.41, 5.74) is -0.577. The Labute approximate surface area is 186 Å². The van der Waals surface area contributed by atoms with E-state index in [1.807, 2.05) is 0 Å². The van der Waals surface area contributed by atoms with Gasteiger partial charge in [-0.25, -0.2) is 4.39 Å². The van der Waals surface area contributed by atoms with Crippen LogP contribution >= 0.6 is 0 Å². The summed E-state index contributed by atoms with van der Waals surface area (Å²) >= 11 is 0. The van der Waals surface area contributed by atoms with Crippen LogP contribution in [0.15, 0.2) is 30.3 Å². The number of carbonyl (C=O) groups is 3. The first-order valence-electron chi connectivity index (χ1n) is 11.0. The first kappa shape index (κ1) is 22.0. The molecule has 0 spiro atoms. The van der Waals surface area contributed by atoms with E-state index in [0.717, 1.165) is 25.7 Å². The third kappa shape index (κ3) is 4.24. The van der Waals surface area contributed by atoms with Gasteiger partial charge in [-0.3, -0.25) is 19.1 Å². The Kier molecular flexibility index (Phi) is 5.99. The van der Waals surface area contributed by atoms with Crippen molar-refractivity contribution in [3.8, 4) is 0 Å². The first-order valence-corrected chi connectivity index (χ1v) is 11.0. The van der Waals surface area contributed by atoms with Crippen molar-refractivity contribution in [1.82, 2.24) is 20.0 Å². The number of nitrogens with zero attached hydrogens (tertiary/aromatic N) is 3. The van der Waals surface area contributed by atoms with Crippen LogP contribution < -0.4 is 10.6 Å². The fraction of sp³-hybridized carbons (Fsp3) is 0.478. The zero-order chi connectivity index (χ0) is 22.9. The number of fused-ring (bicyclic) bond motifs is 1.